The van der Waals surface area contributed by atoms with Crippen molar-refractivity contribution in [1.29, 1.82) is 0 Å². The fourth-order valence-corrected chi connectivity index (χ4v) is 4.09. The van der Waals surface area contributed by atoms with Gasteiger partial charge in [-0.1, -0.05) is 48.5 Å². The summed E-state index contributed by atoms with van der Waals surface area (Å²) in [6.07, 6.45) is 1.79. The van der Waals surface area contributed by atoms with E-state index in [-0.39, 0.29) is 5.91 Å². The van der Waals surface area contributed by atoms with E-state index in [1.165, 1.54) is 0 Å². The lowest BCUT2D eigenvalue weighted by molar-refractivity contribution is 0.0710. The highest BCUT2D eigenvalue weighted by atomic mass is 16.5. The highest BCUT2D eigenvalue weighted by Gasteiger charge is 2.28. The van der Waals surface area contributed by atoms with Gasteiger partial charge in [0.05, 0.1) is 6.61 Å². The Bertz CT molecular complexity index is 1230. The zero-order valence-corrected chi connectivity index (χ0v) is 17.9. The summed E-state index contributed by atoms with van der Waals surface area (Å²) in [5, 5.41) is 0.922. The van der Waals surface area contributed by atoms with E-state index in [1.807, 2.05) is 65.6 Å². The zero-order valence-electron chi connectivity index (χ0n) is 17.9. The van der Waals surface area contributed by atoms with E-state index in [1.54, 1.807) is 13.3 Å². The van der Waals surface area contributed by atoms with Crippen molar-refractivity contribution in [2.45, 2.75) is 6.61 Å². The topological polar surface area (TPSA) is 71.7 Å². The Labute approximate surface area is 186 Å². The van der Waals surface area contributed by atoms with E-state index in [9.17, 15) is 4.79 Å². The van der Waals surface area contributed by atoms with Crippen LogP contribution in [0.1, 0.15) is 16.1 Å². The average Bonchev–Trinajstić information content (AvgIpc) is 3.23. The summed E-state index contributed by atoms with van der Waals surface area (Å²) in [5.74, 6) is 1.85. The fraction of sp³-hybridized carbons (Fsp3) is 0.240. The molecule has 0 atom stereocenters. The van der Waals surface area contributed by atoms with Gasteiger partial charge in [-0.05, 0) is 12.1 Å². The number of rotatable bonds is 5. The Morgan fingerprint density at radius 3 is 2.53 bits per heavy atom. The number of para-hydroxylation sites is 1. The van der Waals surface area contributed by atoms with Gasteiger partial charge in [0.1, 0.15) is 11.4 Å². The van der Waals surface area contributed by atoms with Crippen LogP contribution in [0.3, 0.4) is 0 Å². The van der Waals surface area contributed by atoms with Gasteiger partial charge in [0.15, 0.2) is 11.6 Å². The van der Waals surface area contributed by atoms with E-state index < -0.39 is 0 Å². The molecule has 1 aliphatic rings. The quantitative estimate of drug-likeness (QED) is 0.479. The number of hydrogen-bond acceptors (Lipinski definition) is 6. The van der Waals surface area contributed by atoms with Gasteiger partial charge in [-0.25, -0.2) is 9.97 Å². The van der Waals surface area contributed by atoms with Crippen molar-refractivity contribution in [2.75, 3.05) is 38.2 Å². The van der Waals surface area contributed by atoms with E-state index in [0.717, 1.165) is 22.3 Å². The van der Waals surface area contributed by atoms with Crippen molar-refractivity contribution >= 4 is 22.7 Å². The van der Waals surface area contributed by atoms with Crippen LogP contribution < -0.4 is 4.90 Å². The molecule has 0 bridgehead atoms. The molecule has 0 saturated carbocycles. The van der Waals surface area contributed by atoms with Crippen LogP contribution in [-0.4, -0.2) is 54.1 Å². The minimum absolute atomic E-state index is 0.0967. The van der Waals surface area contributed by atoms with Crippen LogP contribution >= 0.6 is 0 Å². The molecular formula is C25H24N4O3. The molecular weight excluding hydrogens is 404 g/mol. The van der Waals surface area contributed by atoms with Crippen LogP contribution in [0.25, 0.3) is 22.4 Å². The summed E-state index contributed by atoms with van der Waals surface area (Å²) in [5.41, 5.74) is 2.49. The van der Waals surface area contributed by atoms with Crippen molar-refractivity contribution in [3.63, 3.8) is 0 Å². The number of piperazine rings is 1. The largest absolute Gasteiger partial charge is 0.451 e. The molecule has 1 saturated heterocycles. The summed E-state index contributed by atoms with van der Waals surface area (Å²) in [4.78, 5) is 26.5. The van der Waals surface area contributed by atoms with Crippen LogP contribution in [0, 0.1) is 0 Å². The molecule has 0 aliphatic carbocycles. The first-order valence-electron chi connectivity index (χ1n) is 10.7. The van der Waals surface area contributed by atoms with E-state index in [0.29, 0.717) is 50.0 Å². The standard InChI is InChI=1S/C25H24N4O3/c1-31-17-20-19-9-5-6-10-21(19)32-23(20)25(30)29-15-13-28(14-16-29)22-11-12-26-24(27-22)18-7-3-2-4-8-18/h2-12H,13-17H2,1H3. The molecule has 3 heterocycles. The summed E-state index contributed by atoms with van der Waals surface area (Å²) in [6, 6.07) is 19.5. The first kappa shape index (κ1) is 20.2. The molecule has 1 aliphatic heterocycles. The number of furan rings is 1. The maximum absolute atomic E-state index is 13.3. The minimum atomic E-state index is -0.0967. The molecule has 4 aromatic rings. The normalized spacial score (nSPS) is 14.2. The van der Waals surface area contributed by atoms with Gasteiger partial charge < -0.3 is 19.0 Å². The van der Waals surface area contributed by atoms with Gasteiger partial charge in [0.2, 0.25) is 0 Å². The molecule has 2 aromatic carbocycles. The van der Waals surface area contributed by atoms with Crippen molar-refractivity contribution in [1.82, 2.24) is 14.9 Å². The molecule has 0 N–H and O–H groups in total. The summed E-state index contributed by atoms with van der Waals surface area (Å²) < 4.78 is 11.3. The van der Waals surface area contributed by atoms with Crippen molar-refractivity contribution in [3.8, 4) is 11.4 Å². The minimum Gasteiger partial charge on any atom is -0.451 e. The molecule has 1 fully saturated rings. The Hall–Kier alpha value is -3.71. The molecule has 32 heavy (non-hydrogen) atoms. The molecule has 7 nitrogen and oxygen atoms in total. The predicted molar refractivity (Wildman–Crippen MR) is 123 cm³/mol. The van der Waals surface area contributed by atoms with Crippen molar-refractivity contribution in [3.05, 3.63) is 78.2 Å². The van der Waals surface area contributed by atoms with Gasteiger partial charge in [-0.2, -0.15) is 0 Å². The third kappa shape index (κ3) is 3.83. The second-order valence-corrected chi connectivity index (χ2v) is 7.72. The van der Waals surface area contributed by atoms with Crippen LogP contribution in [0.2, 0.25) is 0 Å². The first-order chi connectivity index (χ1) is 15.7. The number of hydrogen-bond donors (Lipinski definition) is 0. The summed E-state index contributed by atoms with van der Waals surface area (Å²) >= 11 is 0. The second kappa shape index (κ2) is 8.80. The maximum Gasteiger partial charge on any atom is 0.290 e. The third-order valence-corrected chi connectivity index (χ3v) is 5.74. The Kier molecular flexibility index (Phi) is 5.56. The molecule has 0 unspecified atom stereocenters. The van der Waals surface area contributed by atoms with Crippen LogP contribution in [0.5, 0.6) is 0 Å². The Morgan fingerprint density at radius 1 is 1.00 bits per heavy atom. The number of carbonyl (C=O) groups excluding carboxylic acids is 1. The van der Waals surface area contributed by atoms with Crippen LogP contribution in [0.4, 0.5) is 5.82 Å². The molecule has 2 aromatic heterocycles. The van der Waals surface area contributed by atoms with Crippen molar-refractivity contribution < 1.29 is 13.9 Å². The third-order valence-electron chi connectivity index (χ3n) is 5.74. The fourth-order valence-electron chi connectivity index (χ4n) is 4.09. The van der Waals surface area contributed by atoms with Gasteiger partial charge >= 0.3 is 0 Å². The van der Waals surface area contributed by atoms with Crippen LogP contribution in [0.15, 0.2) is 71.3 Å². The lowest BCUT2D eigenvalue weighted by Crippen LogP contribution is -2.49. The number of methoxy groups -OCH3 is 1. The monoisotopic (exact) mass is 428 g/mol. The van der Waals surface area contributed by atoms with E-state index >= 15 is 0 Å². The smallest absolute Gasteiger partial charge is 0.290 e. The van der Waals surface area contributed by atoms with Gasteiger partial charge in [-0.3, -0.25) is 4.79 Å². The number of nitrogens with zero attached hydrogens (tertiary/aromatic N) is 4. The van der Waals surface area contributed by atoms with Gasteiger partial charge in [-0.15, -0.1) is 0 Å². The average molecular weight is 428 g/mol. The molecule has 0 spiro atoms. The molecule has 0 radical (unpaired) electrons. The molecule has 5 rings (SSSR count). The second-order valence-electron chi connectivity index (χ2n) is 7.72. The summed E-state index contributed by atoms with van der Waals surface area (Å²) in [7, 11) is 1.63. The van der Waals surface area contributed by atoms with Gasteiger partial charge in [0, 0.05) is 56.0 Å². The lowest BCUT2D eigenvalue weighted by atomic mass is 10.1. The first-order valence-corrected chi connectivity index (χ1v) is 10.7. The Balaban J connectivity index is 1.32. The zero-order chi connectivity index (χ0) is 21.9. The predicted octanol–water partition coefficient (Wildman–Crippen LogP) is 4.00. The molecule has 162 valence electrons. The lowest BCUT2D eigenvalue weighted by Gasteiger charge is -2.35. The number of benzene rings is 2. The van der Waals surface area contributed by atoms with E-state index in [4.69, 9.17) is 14.1 Å². The molecule has 1 amide bonds. The van der Waals surface area contributed by atoms with E-state index in [2.05, 4.69) is 9.88 Å². The number of anilines is 1. The van der Waals surface area contributed by atoms with Gasteiger partial charge in [0.25, 0.3) is 5.91 Å². The number of fused-ring (bicyclic) bond motifs is 1. The highest BCUT2D eigenvalue weighted by Crippen LogP contribution is 2.28. The molecule has 7 heteroatoms. The van der Waals surface area contributed by atoms with Crippen molar-refractivity contribution in [2.24, 2.45) is 0 Å². The SMILES string of the molecule is COCc1c(C(=O)N2CCN(c3ccnc(-c4ccccc4)n3)CC2)oc2ccccc12. The van der Waals surface area contributed by atoms with Crippen LogP contribution in [-0.2, 0) is 11.3 Å². The number of ether oxygens (including phenoxy) is 1. The highest BCUT2D eigenvalue weighted by molar-refractivity contribution is 5.99. The maximum atomic E-state index is 13.3. The Morgan fingerprint density at radius 2 is 1.75 bits per heavy atom. The number of amides is 1. The number of aromatic nitrogens is 2. The number of carbonyl (C=O) groups is 1. The summed E-state index contributed by atoms with van der Waals surface area (Å²) in [6.45, 7) is 2.90.